The van der Waals surface area contributed by atoms with Crippen molar-refractivity contribution in [1.82, 2.24) is 4.31 Å². The number of carboxylic acids is 1. The van der Waals surface area contributed by atoms with Crippen LogP contribution in [0.3, 0.4) is 0 Å². The number of benzene rings is 1. The lowest BCUT2D eigenvalue weighted by Crippen LogP contribution is -2.64. The first-order valence-electron chi connectivity index (χ1n) is 10.6. The van der Waals surface area contributed by atoms with Gasteiger partial charge in [-0.3, -0.25) is 4.79 Å². The molecule has 1 aromatic carbocycles. The van der Waals surface area contributed by atoms with Crippen LogP contribution in [0.4, 0.5) is 0 Å². The Morgan fingerprint density at radius 2 is 2.00 bits per heavy atom. The molecule has 1 fully saturated rings. The van der Waals surface area contributed by atoms with Crippen LogP contribution in [0.25, 0.3) is 0 Å². The van der Waals surface area contributed by atoms with Gasteiger partial charge in [-0.1, -0.05) is 47.7 Å². The van der Waals surface area contributed by atoms with Crippen molar-refractivity contribution >= 4 is 37.0 Å². The highest BCUT2D eigenvalue weighted by Crippen LogP contribution is 2.44. The van der Waals surface area contributed by atoms with Crippen molar-refractivity contribution in [3.63, 3.8) is 0 Å². The summed E-state index contributed by atoms with van der Waals surface area (Å²) in [4.78, 5) is 11.4. The van der Waals surface area contributed by atoms with Gasteiger partial charge >= 0.3 is 5.97 Å². The van der Waals surface area contributed by atoms with Gasteiger partial charge in [0.05, 0.1) is 19.1 Å². The van der Waals surface area contributed by atoms with Gasteiger partial charge in [0.25, 0.3) is 0 Å². The van der Waals surface area contributed by atoms with Gasteiger partial charge in [0, 0.05) is 36.6 Å². The summed E-state index contributed by atoms with van der Waals surface area (Å²) in [5.74, 6) is -1.57. The molecule has 0 radical (unpaired) electrons. The summed E-state index contributed by atoms with van der Waals surface area (Å²) in [5.41, 5.74) is 0.735. The molecule has 6 nitrogen and oxygen atoms in total. The summed E-state index contributed by atoms with van der Waals surface area (Å²) >= 11 is 5.29. The molecule has 2 rings (SSSR count). The summed E-state index contributed by atoms with van der Waals surface area (Å²) in [6.45, 7) is 15.8. The highest BCUT2D eigenvalue weighted by molar-refractivity contribution is 7.90. The summed E-state index contributed by atoms with van der Waals surface area (Å²) in [7, 11) is -1.25. The number of nitrogens with zero attached hydrogens (tertiary/aromatic N) is 1. The Morgan fingerprint density at radius 1 is 1.39 bits per heavy atom. The van der Waals surface area contributed by atoms with E-state index in [0.717, 1.165) is 11.6 Å². The van der Waals surface area contributed by atoms with Gasteiger partial charge in [-0.05, 0) is 45.4 Å². The topological polar surface area (TPSA) is 82.1 Å². The normalized spacial score (nSPS) is 18.5. The Morgan fingerprint density at radius 3 is 2.42 bits per heavy atom. The van der Waals surface area contributed by atoms with Crippen LogP contribution in [-0.4, -0.2) is 59.3 Å². The zero-order valence-electron chi connectivity index (χ0n) is 19.7. The van der Waals surface area contributed by atoms with E-state index in [2.05, 4.69) is 19.6 Å². The number of carboxylic acid groups (broad SMARTS) is 1. The number of aliphatic carboxylic acids is 1. The van der Waals surface area contributed by atoms with Gasteiger partial charge in [-0.25, -0.2) is 0 Å². The molecule has 1 aliphatic heterocycles. The highest BCUT2D eigenvalue weighted by atomic mass is 35.5. The zero-order chi connectivity index (χ0) is 23.6. The van der Waals surface area contributed by atoms with Gasteiger partial charge in [-0.2, -0.15) is 0 Å². The summed E-state index contributed by atoms with van der Waals surface area (Å²) in [6.07, 6.45) is 0. The van der Waals surface area contributed by atoms with E-state index in [1.54, 1.807) is 19.1 Å². The molecule has 2 unspecified atom stereocenters. The molecule has 31 heavy (non-hydrogen) atoms. The van der Waals surface area contributed by atoms with E-state index in [9.17, 15) is 14.5 Å². The second kappa shape index (κ2) is 10.1. The Labute approximate surface area is 195 Å². The van der Waals surface area contributed by atoms with Crippen molar-refractivity contribution in [2.45, 2.75) is 69.6 Å². The first kappa shape index (κ1) is 26.6. The average Bonchev–Trinajstić information content (AvgIpc) is 2.60. The SMILES string of the molecule is CC(C(=O)O)c1ccc(C2(N(COCC[Si](C)(C)C)[S+]([O-])C(C)(C)C)COC2)c(Cl)c1. The molecule has 0 saturated carbocycles. The number of ether oxygens (including phenoxy) is 2. The Kier molecular flexibility index (Phi) is 8.69. The third-order valence-electron chi connectivity index (χ3n) is 5.45. The lowest BCUT2D eigenvalue weighted by atomic mass is 9.86. The lowest BCUT2D eigenvalue weighted by Gasteiger charge is -2.50. The first-order valence-corrected chi connectivity index (χ1v) is 15.8. The standard InChI is InChI=1S/C22H36ClNO5SSi/c1-16(20(25)26)17-8-9-18(19(23)12-17)22(13-29-14-22)24(30(27)21(2,3)4)15-28-10-11-31(5,6)7/h8-9,12,16H,10-11,13-15H2,1-7H3,(H,25,26). The van der Waals surface area contributed by atoms with Crippen LogP contribution in [0.5, 0.6) is 0 Å². The molecule has 1 aliphatic rings. The number of halogens is 1. The van der Waals surface area contributed by atoms with E-state index in [4.69, 9.17) is 21.1 Å². The molecule has 0 amide bonds. The van der Waals surface area contributed by atoms with Gasteiger partial charge in [0.15, 0.2) is 0 Å². The van der Waals surface area contributed by atoms with E-state index in [1.165, 1.54) is 0 Å². The van der Waals surface area contributed by atoms with Crippen LogP contribution in [0.15, 0.2) is 18.2 Å². The van der Waals surface area contributed by atoms with Crippen LogP contribution < -0.4 is 0 Å². The fourth-order valence-electron chi connectivity index (χ4n) is 3.24. The van der Waals surface area contributed by atoms with Gasteiger partial charge in [0.2, 0.25) is 0 Å². The minimum Gasteiger partial charge on any atom is -0.597 e. The Balaban J connectivity index is 2.36. The van der Waals surface area contributed by atoms with E-state index >= 15 is 0 Å². The maximum atomic E-state index is 13.5. The maximum absolute atomic E-state index is 13.5. The van der Waals surface area contributed by atoms with Crippen molar-refractivity contribution in [3.05, 3.63) is 34.3 Å². The van der Waals surface area contributed by atoms with Gasteiger partial charge < -0.3 is 19.1 Å². The largest absolute Gasteiger partial charge is 0.597 e. The van der Waals surface area contributed by atoms with E-state index < -0.39 is 41.6 Å². The molecule has 2 atom stereocenters. The van der Waals surface area contributed by atoms with Crippen LogP contribution >= 0.6 is 11.6 Å². The van der Waals surface area contributed by atoms with Gasteiger partial charge in [-0.15, -0.1) is 0 Å². The number of hydrogen-bond acceptors (Lipinski definition) is 5. The third-order valence-corrected chi connectivity index (χ3v) is 9.37. The monoisotopic (exact) mass is 489 g/mol. The van der Waals surface area contributed by atoms with E-state index in [1.807, 2.05) is 31.1 Å². The molecule has 1 N–H and O–H groups in total. The molecule has 9 heteroatoms. The minimum absolute atomic E-state index is 0.210. The molecule has 1 heterocycles. The third kappa shape index (κ3) is 6.47. The van der Waals surface area contributed by atoms with E-state index in [-0.39, 0.29) is 6.73 Å². The van der Waals surface area contributed by atoms with Crippen LogP contribution in [0.1, 0.15) is 44.7 Å². The molecule has 0 aliphatic carbocycles. The molecule has 0 bridgehead atoms. The first-order chi connectivity index (χ1) is 14.2. The van der Waals surface area contributed by atoms with Crippen molar-refractivity contribution in [1.29, 1.82) is 0 Å². The van der Waals surface area contributed by atoms with Crippen molar-refractivity contribution in [2.24, 2.45) is 0 Å². The van der Waals surface area contributed by atoms with Crippen molar-refractivity contribution < 1.29 is 23.9 Å². The van der Waals surface area contributed by atoms with Gasteiger partial charge in [0.1, 0.15) is 17.0 Å². The second-order valence-electron chi connectivity index (χ2n) is 10.4. The quantitative estimate of drug-likeness (QED) is 0.219. The Hall–Kier alpha value is -0.613. The molecule has 176 valence electrons. The fraction of sp³-hybridized carbons (Fsp3) is 0.682. The van der Waals surface area contributed by atoms with Crippen LogP contribution in [-0.2, 0) is 31.2 Å². The highest BCUT2D eigenvalue weighted by Gasteiger charge is 2.55. The number of rotatable bonds is 10. The molecular weight excluding hydrogens is 454 g/mol. The smallest absolute Gasteiger partial charge is 0.310 e. The summed E-state index contributed by atoms with van der Waals surface area (Å²) < 4.78 is 26.5. The number of hydrogen-bond donors (Lipinski definition) is 1. The summed E-state index contributed by atoms with van der Waals surface area (Å²) in [6, 6.07) is 6.34. The molecule has 0 aromatic heterocycles. The molecular formula is C22H36ClNO5SSi. The summed E-state index contributed by atoms with van der Waals surface area (Å²) in [5, 5.41) is 9.77. The predicted octanol–water partition coefficient (Wildman–Crippen LogP) is 4.83. The lowest BCUT2D eigenvalue weighted by molar-refractivity contribution is -0.139. The maximum Gasteiger partial charge on any atom is 0.310 e. The zero-order valence-corrected chi connectivity index (χ0v) is 22.2. The van der Waals surface area contributed by atoms with Crippen LogP contribution in [0.2, 0.25) is 30.7 Å². The van der Waals surface area contributed by atoms with Crippen LogP contribution in [0, 0.1) is 0 Å². The van der Waals surface area contributed by atoms with Crippen molar-refractivity contribution in [3.8, 4) is 0 Å². The van der Waals surface area contributed by atoms with E-state index in [0.29, 0.717) is 30.4 Å². The predicted molar refractivity (Wildman–Crippen MR) is 129 cm³/mol. The Bertz CT molecular complexity index is 776. The molecule has 1 aromatic rings. The molecule has 1 saturated heterocycles. The average molecular weight is 490 g/mol. The second-order valence-corrected chi connectivity index (χ2v) is 18.6. The fourth-order valence-corrected chi connectivity index (χ4v) is 5.71. The van der Waals surface area contributed by atoms with Crippen molar-refractivity contribution in [2.75, 3.05) is 26.6 Å². The number of carbonyl (C=O) groups is 1. The minimum atomic E-state index is -1.36. The molecule has 0 spiro atoms.